The minimum Gasteiger partial charge on any atom is -0.300 e. The van der Waals surface area contributed by atoms with Gasteiger partial charge in [-0.15, -0.1) is 11.3 Å². The van der Waals surface area contributed by atoms with Crippen molar-refractivity contribution in [2.45, 2.75) is 43.5 Å². The molecule has 3 aromatic heterocycles. The van der Waals surface area contributed by atoms with Gasteiger partial charge >= 0.3 is 5.69 Å². The Morgan fingerprint density at radius 1 is 1.03 bits per heavy atom. The van der Waals surface area contributed by atoms with Gasteiger partial charge in [0.2, 0.25) is 0 Å². The van der Waals surface area contributed by atoms with Crippen LogP contribution in [0.4, 0.5) is 0 Å². The minimum atomic E-state index is -0.372. The third-order valence-electron chi connectivity index (χ3n) is 6.22. The molecule has 0 saturated carbocycles. The first-order valence-electron chi connectivity index (χ1n) is 10.9. The van der Waals surface area contributed by atoms with Crippen LogP contribution >= 0.6 is 23.1 Å². The second kappa shape index (κ2) is 8.46. The topological polar surface area (TPSA) is 78.9 Å². The molecule has 0 bridgehead atoms. The molecule has 4 aromatic rings. The van der Waals surface area contributed by atoms with E-state index in [4.69, 9.17) is 4.98 Å². The molecular weight excluding hydrogens is 456 g/mol. The third kappa shape index (κ3) is 3.79. The van der Waals surface area contributed by atoms with Crippen molar-refractivity contribution in [3.8, 4) is 5.69 Å². The molecule has 1 aromatic carbocycles. The molecule has 0 unspecified atom stereocenters. The van der Waals surface area contributed by atoms with E-state index in [0.29, 0.717) is 16.6 Å². The Morgan fingerprint density at radius 2 is 1.76 bits per heavy atom. The van der Waals surface area contributed by atoms with Gasteiger partial charge in [0.1, 0.15) is 4.83 Å². The minimum absolute atomic E-state index is 0.0522. The van der Waals surface area contributed by atoms with Crippen molar-refractivity contribution in [1.29, 1.82) is 0 Å². The van der Waals surface area contributed by atoms with Crippen molar-refractivity contribution in [1.82, 2.24) is 18.7 Å². The van der Waals surface area contributed by atoms with Crippen molar-refractivity contribution < 1.29 is 0 Å². The summed E-state index contributed by atoms with van der Waals surface area (Å²) in [5, 5.41) is 1.30. The number of thiophene rings is 1. The summed E-state index contributed by atoms with van der Waals surface area (Å²) in [5.74, 6) is 0.344. The van der Waals surface area contributed by atoms with E-state index in [1.807, 2.05) is 31.2 Å². The SMILES string of the molecule is Cc1ccc(-n2c(SCc3cc(=O)n(C)c(=O)n3C)nc3sc4c(c3c2=O)CCCC4)cc1. The monoisotopic (exact) mass is 480 g/mol. The van der Waals surface area contributed by atoms with Gasteiger partial charge < -0.3 is 0 Å². The second-order valence-electron chi connectivity index (χ2n) is 8.42. The second-order valence-corrected chi connectivity index (χ2v) is 10.5. The first-order chi connectivity index (χ1) is 15.8. The highest BCUT2D eigenvalue weighted by Gasteiger charge is 2.23. The summed E-state index contributed by atoms with van der Waals surface area (Å²) in [4.78, 5) is 45.3. The number of rotatable bonds is 4. The number of fused-ring (bicyclic) bond motifs is 3. The van der Waals surface area contributed by atoms with Gasteiger partial charge in [0.05, 0.1) is 11.1 Å². The number of benzene rings is 1. The fourth-order valence-electron chi connectivity index (χ4n) is 4.26. The summed E-state index contributed by atoms with van der Waals surface area (Å²) in [7, 11) is 3.11. The third-order valence-corrected chi connectivity index (χ3v) is 8.38. The summed E-state index contributed by atoms with van der Waals surface area (Å²) in [6.45, 7) is 2.01. The van der Waals surface area contributed by atoms with Gasteiger partial charge in [-0.1, -0.05) is 29.5 Å². The van der Waals surface area contributed by atoms with Gasteiger partial charge in [-0.2, -0.15) is 0 Å². The predicted molar refractivity (Wildman–Crippen MR) is 133 cm³/mol. The number of thioether (sulfide) groups is 1. The average Bonchev–Trinajstić information content (AvgIpc) is 3.19. The van der Waals surface area contributed by atoms with E-state index in [9.17, 15) is 14.4 Å². The molecule has 1 aliphatic rings. The van der Waals surface area contributed by atoms with Crippen molar-refractivity contribution in [3.05, 3.63) is 83.2 Å². The van der Waals surface area contributed by atoms with Gasteiger partial charge in [0.15, 0.2) is 5.16 Å². The Morgan fingerprint density at radius 3 is 2.52 bits per heavy atom. The van der Waals surface area contributed by atoms with E-state index in [1.54, 1.807) is 23.0 Å². The Bertz CT molecular complexity index is 1560. The van der Waals surface area contributed by atoms with Crippen LogP contribution in [0.2, 0.25) is 0 Å². The number of aryl methyl sites for hydroxylation is 3. The molecule has 9 heteroatoms. The molecule has 0 amide bonds. The number of nitrogens with zero attached hydrogens (tertiary/aromatic N) is 4. The maximum Gasteiger partial charge on any atom is 0.330 e. The lowest BCUT2D eigenvalue weighted by Crippen LogP contribution is -2.37. The van der Waals surface area contributed by atoms with Gasteiger partial charge in [0.25, 0.3) is 11.1 Å². The van der Waals surface area contributed by atoms with E-state index in [2.05, 4.69) is 0 Å². The van der Waals surface area contributed by atoms with Crippen LogP contribution in [0.3, 0.4) is 0 Å². The fourth-order valence-corrected chi connectivity index (χ4v) is 6.60. The molecule has 3 heterocycles. The average molecular weight is 481 g/mol. The van der Waals surface area contributed by atoms with Gasteiger partial charge in [-0.05, 0) is 50.3 Å². The summed E-state index contributed by atoms with van der Waals surface area (Å²) in [6, 6.07) is 9.29. The Kier molecular flexibility index (Phi) is 5.62. The largest absolute Gasteiger partial charge is 0.330 e. The van der Waals surface area contributed by atoms with Crippen molar-refractivity contribution in [2.24, 2.45) is 14.1 Å². The van der Waals surface area contributed by atoms with Crippen molar-refractivity contribution >= 4 is 33.3 Å². The van der Waals surface area contributed by atoms with Gasteiger partial charge in [-0.25, -0.2) is 9.78 Å². The highest BCUT2D eigenvalue weighted by atomic mass is 32.2. The zero-order valence-electron chi connectivity index (χ0n) is 18.8. The molecule has 0 radical (unpaired) electrons. The molecule has 5 rings (SSSR count). The summed E-state index contributed by atoms with van der Waals surface area (Å²) in [5.41, 5.74) is 2.84. The summed E-state index contributed by atoms with van der Waals surface area (Å²) in [6.07, 6.45) is 4.15. The lowest BCUT2D eigenvalue weighted by Gasteiger charge is -2.14. The molecule has 0 spiro atoms. The molecule has 0 fully saturated rings. The van der Waals surface area contributed by atoms with Crippen LogP contribution in [-0.4, -0.2) is 18.7 Å². The quantitative estimate of drug-likeness (QED) is 0.331. The van der Waals surface area contributed by atoms with Crippen molar-refractivity contribution in [3.63, 3.8) is 0 Å². The van der Waals surface area contributed by atoms with Crippen molar-refractivity contribution in [2.75, 3.05) is 0 Å². The number of hydrogen-bond acceptors (Lipinski definition) is 6. The molecule has 0 aliphatic heterocycles. The fraction of sp³-hybridized carbons (Fsp3) is 0.333. The molecule has 0 atom stereocenters. The van der Waals surface area contributed by atoms with E-state index in [-0.39, 0.29) is 16.8 Å². The number of aromatic nitrogens is 4. The van der Waals surface area contributed by atoms with Crippen LogP contribution in [0, 0.1) is 6.92 Å². The van der Waals surface area contributed by atoms with Crippen LogP contribution in [-0.2, 0) is 32.7 Å². The molecule has 0 N–H and O–H groups in total. The molecule has 0 saturated heterocycles. The molecule has 1 aliphatic carbocycles. The van der Waals surface area contributed by atoms with Crippen LogP contribution < -0.4 is 16.8 Å². The maximum absolute atomic E-state index is 13.8. The highest BCUT2D eigenvalue weighted by Crippen LogP contribution is 2.35. The summed E-state index contributed by atoms with van der Waals surface area (Å²) < 4.78 is 4.22. The molecular formula is C24H24N4O3S2. The van der Waals surface area contributed by atoms with Crippen LogP contribution in [0.1, 0.15) is 34.5 Å². The maximum atomic E-state index is 13.8. The standard InChI is InChI=1S/C24H24N4O3S2/c1-14-8-10-15(11-9-14)28-22(30)20-17-6-4-5-7-18(17)33-21(20)25-23(28)32-13-16-12-19(29)27(3)24(31)26(16)2/h8-12H,4-7,13H2,1-3H3. The number of hydrogen-bond donors (Lipinski definition) is 0. The predicted octanol–water partition coefficient (Wildman–Crippen LogP) is 3.32. The first kappa shape index (κ1) is 21.9. The van der Waals surface area contributed by atoms with E-state index in [0.717, 1.165) is 57.3 Å². The zero-order valence-corrected chi connectivity index (χ0v) is 20.4. The van der Waals surface area contributed by atoms with Crippen LogP contribution in [0.5, 0.6) is 0 Å². The molecule has 170 valence electrons. The zero-order chi connectivity index (χ0) is 23.3. The Hall–Kier alpha value is -2.91. The van der Waals surface area contributed by atoms with E-state index >= 15 is 0 Å². The highest BCUT2D eigenvalue weighted by molar-refractivity contribution is 7.98. The lowest BCUT2D eigenvalue weighted by molar-refractivity contribution is 0.664. The Balaban J connectivity index is 1.67. The normalized spacial score (nSPS) is 13.4. The van der Waals surface area contributed by atoms with Crippen LogP contribution in [0.15, 0.2) is 49.9 Å². The molecule has 7 nitrogen and oxygen atoms in total. The van der Waals surface area contributed by atoms with Crippen LogP contribution in [0.25, 0.3) is 15.9 Å². The van der Waals surface area contributed by atoms with Gasteiger partial charge in [0, 0.05) is 36.5 Å². The summed E-state index contributed by atoms with van der Waals surface area (Å²) >= 11 is 2.98. The Labute approximate surface area is 198 Å². The van der Waals surface area contributed by atoms with E-state index < -0.39 is 0 Å². The van der Waals surface area contributed by atoms with E-state index in [1.165, 1.54) is 34.3 Å². The lowest BCUT2D eigenvalue weighted by atomic mass is 9.97. The van der Waals surface area contributed by atoms with Gasteiger partial charge in [-0.3, -0.25) is 23.3 Å². The molecule has 33 heavy (non-hydrogen) atoms. The first-order valence-corrected chi connectivity index (χ1v) is 12.7. The smallest absolute Gasteiger partial charge is 0.300 e.